The van der Waals surface area contributed by atoms with Gasteiger partial charge in [0.05, 0.1) is 12.8 Å². The van der Waals surface area contributed by atoms with Crippen molar-refractivity contribution in [3.05, 3.63) is 11.1 Å². The molecule has 2 unspecified atom stereocenters. The number of carbonyl (C=O) groups excluding carboxylic acids is 1. The van der Waals surface area contributed by atoms with E-state index in [0.29, 0.717) is 11.0 Å². The van der Waals surface area contributed by atoms with E-state index in [1.807, 2.05) is 12.4 Å². The van der Waals surface area contributed by atoms with Crippen molar-refractivity contribution < 1.29 is 9.53 Å². The van der Waals surface area contributed by atoms with Crippen LogP contribution in [0.15, 0.2) is 11.3 Å². The molecule has 0 radical (unpaired) electrons. The molecule has 24 heavy (non-hydrogen) atoms. The van der Waals surface area contributed by atoms with Crippen LogP contribution >= 0.6 is 11.3 Å². The number of aromatic nitrogens is 1. The van der Waals surface area contributed by atoms with Crippen LogP contribution in [0.25, 0.3) is 0 Å². The van der Waals surface area contributed by atoms with Crippen LogP contribution < -0.4 is 5.32 Å². The van der Waals surface area contributed by atoms with E-state index in [9.17, 15) is 4.79 Å². The Morgan fingerprint density at radius 3 is 3.12 bits per heavy atom. The summed E-state index contributed by atoms with van der Waals surface area (Å²) in [6, 6.07) is 0. The van der Waals surface area contributed by atoms with Crippen molar-refractivity contribution in [2.45, 2.75) is 32.4 Å². The van der Waals surface area contributed by atoms with E-state index < -0.39 is 0 Å². The highest BCUT2D eigenvalue weighted by atomic mass is 32.1. The van der Waals surface area contributed by atoms with Gasteiger partial charge < -0.3 is 10.1 Å². The van der Waals surface area contributed by atoms with Crippen molar-refractivity contribution in [1.82, 2.24) is 14.9 Å². The molecule has 132 valence electrons. The number of piperidine rings is 1. The maximum atomic E-state index is 11.1. The lowest BCUT2D eigenvalue weighted by molar-refractivity contribution is -0.114. The number of ether oxygens (including phenoxy) is 1. The number of hydrazone groups is 1. The third kappa shape index (κ3) is 4.75. The number of nitrogens with one attached hydrogen (secondary N) is 1. The molecule has 1 aromatic heterocycles. The number of amides is 1. The molecule has 3 heterocycles. The van der Waals surface area contributed by atoms with Crippen LogP contribution in [0.2, 0.25) is 0 Å². The summed E-state index contributed by atoms with van der Waals surface area (Å²) in [6.07, 6.45) is 6.36. The second-order valence-corrected chi connectivity index (χ2v) is 7.58. The van der Waals surface area contributed by atoms with Crippen LogP contribution in [0, 0.1) is 5.92 Å². The minimum absolute atomic E-state index is 0.0746. The highest BCUT2D eigenvalue weighted by Gasteiger charge is 2.25. The summed E-state index contributed by atoms with van der Waals surface area (Å²) in [6.45, 7) is 6.46. The summed E-state index contributed by atoms with van der Waals surface area (Å²) in [4.78, 5) is 19.0. The van der Waals surface area contributed by atoms with Crippen molar-refractivity contribution in [2.24, 2.45) is 11.0 Å². The van der Waals surface area contributed by atoms with Crippen LogP contribution in [0.5, 0.6) is 0 Å². The zero-order chi connectivity index (χ0) is 16.9. The third-order valence-electron chi connectivity index (χ3n) is 4.38. The Labute approximate surface area is 146 Å². The van der Waals surface area contributed by atoms with Gasteiger partial charge in [-0.3, -0.25) is 14.7 Å². The maximum Gasteiger partial charge on any atom is 0.223 e. The maximum absolute atomic E-state index is 11.1. The number of methoxy groups -OCH3 is 1. The van der Waals surface area contributed by atoms with Gasteiger partial charge in [-0.2, -0.15) is 5.10 Å². The Morgan fingerprint density at radius 1 is 1.50 bits per heavy atom. The van der Waals surface area contributed by atoms with Gasteiger partial charge in [0.15, 0.2) is 5.13 Å². The second kappa shape index (κ2) is 8.04. The molecular weight excluding hydrogens is 326 g/mol. The van der Waals surface area contributed by atoms with Crippen LogP contribution in [-0.4, -0.2) is 66.4 Å². The largest absolute Gasteiger partial charge is 0.374 e. The number of carbonyl (C=O) groups is 1. The Bertz CT molecular complexity index is 591. The Kier molecular flexibility index (Phi) is 5.80. The molecule has 2 atom stereocenters. The van der Waals surface area contributed by atoms with Crippen LogP contribution in [0.1, 0.15) is 24.6 Å². The van der Waals surface area contributed by atoms with Gasteiger partial charge in [0.2, 0.25) is 5.91 Å². The molecule has 1 fully saturated rings. The van der Waals surface area contributed by atoms with Gasteiger partial charge in [-0.1, -0.05) is 0 Å². The molecule has 0 bridgehead atoms. The topological polar surface area (TPSA) is 70.1 Å². The summed E-state index contributed by atoms with van der Waals surface area (Å²) in [5.74, 6) is 0.559. The van der Waals surface area contributed by atoms with Gasteiger partial charge in [-0.05, 0) is 25.3 Å². The van der Waals surface area contributed by atoms with Crippen molar-refractivity contribution in [2.75, 3.05) is 38.6 Å². The second-order valence-electron chi connectivity index (χ2n) is 6.47. The molecule has 1 aromatic rings. The number of likely N-dealkylation sites (tertiary alicyclic amines) is 1. The number of rotatable bonds is 6. The average molecular weight is 351 g/mol. The minimum atomic E-state index is -0.0746. The lowest BCUT2D eigenvalue weighted by atomic mass is 9.98. The van der Waals surface area contributed by atoms with E-state index in [4.69, 9.17) is 4.74 Å². The van der Waals surface area contributed by atoms with Gasteiger partial charge in [0, 0.05) is 44.7 Å². The van der Waals surface area contributed by atoms with Gasteiger partial charge in [-0.15, -0.1) is 11.3 Å². The van der Waals surface area contributed by atoms with Crippen LogP contribution in [0.4, 0.5) is 5.13 Å². The zero-order valence-electron chi connectivity index (χ0n) is 14.3. The number of nitrogens with zero attached hydrogens (tertiary/aromatic N) is 4. The van der Waals surface area contributed by atoms with Gasteiger partial charge >= 0.3 is 0 Å². The summed E-state index contributed by atoms with van der Waals surface area (Å²) in [5.41, 5.74) is 0. The summed E-state index contributed by atoms with van der Waals surface area (Å²) < 4.78 is 5.32. The Morgan fingerprint density at radius 2 is 2.38 bits per heavy atom. The molecule has 1 N–H and O–H groups in total. The molecule has 2 aliphatic rings. The van der Waals surface area contributed by atoms with E-state index in [2.05, 4.69) is 25.3 Å². The smallest absolute Gasteiger partial charge is 0.223 e. The third-order valence-corrected chi connectivity index (χ3v) is 5.28. The van der Waals surface area contributed by atoms with Gasteiger partial charge in [-0.25, -0.2) is 4.98 Å². The number of hydrogen-bond acceptors (Lipinski definition) is 7. The lowest BCUT2D eigenvalue weighted by Crippen LogP contribution is -2.39. The van der Waals surface area contributed by atoms with E-state index in [-0.39, 0.29) is 12.0 Å². The fourth-order valence-electron chi connectivity index (χ4n) is 3.28. The summed E-state index contributed by atoms with van der Waals surface area (Å²) in [5, 5.41) is 10.00. The number of anilines is 1. The Hall–Kier alpha value is -1.51. The molecular formula is C16H25N5O2S. The monoisotopic (exact) mass is 351 g/mol. The van der Waals surface area contributed by atoms with E-state index in [1.165, 1.54) is 24.6 Å². The molecule has 7 nitrogen and oxygen atoms in total. The first kappa shape index (κ1) is 17.3. The van der Waals surface area contributed by atoms with E-state index in [0.717, 1.165) is 32.7 Å². The van der Waals surface area contributed by atoms with Crippen LogP contribution in [-0.2, 0) is 16.1 Å². The highest BCUT2D eigenvalue weighted by molar-refractivity contribution is 7.15. The highest BCUT2D eigenvalue weighted by Crippen LogP contribution is 2.24. The van der Waals surface area contributed by atoms with E-state index in [1.54, 1.807) is 18.4 Å². The van der Waals surface area contributed by atoms with Crippen molar-refractivity contribution in [3.63, 3.8) is 0 Å². The van der Waals surface area contributed by atoms with Gasteiger partial charge in [0.1, 0.15) is 6.10 Å². The minimum Gasteiger partial charge on any atom is -0.374 e. The molecule has 1 amide bonds. The van der Waals surface area contributed by atoms with Crippen molar-refractivity contribution in [3.8, 4) is 0 Å². The summed E-state index contributed by atoms with van der Waals surface area (Å²) >= 11 is 1.56. The molecule has 0 aromatic carbocycles. The van der Waals surface area contributed by atoms with Crippen molar-refractivity contribution in [1.29, 1.82) is 0 Å². The van der Waals surface area contributed by atoms with E-state index >= 15 is 0 Å². The fourth-order valence-corrected chi connectivity index (χ4v) is 4.18. The van der Waals surface area contributed by atoms with Gasteiger partial charge in [0.25, 0.3) is 0 Å². The number of hydrogen-bond donors (Lipinski definition) is 1. The quantitative estimate of drug-likeness (QED) is 0.843. The Balaban J connectivity index is 1.48. The molecule has 1 saturated heterocycles. The molecule has 2 aliphatic heterocycles. The molecule has 0 aliphatic carbocycles. The number of thiazole rings is 1. The standard InChI is InChI=1S/C16H25N5O2S/c1-12(22)19-16-17-7-15(24-16)11-20-5-3-4-13(8-20)9-21-10-14(23-2)6-18-21/h6-7,13-14H,3-5,8-11H2,1-2H3,(H,17,19,22). The first-order chi connectivity index (χ1) is 11.6. The molecule has 8 heteroatoms. The molecule has 3 rings (SSSR count). The predicted octanol–water partition coefficient (Wildman–Crippen LogP) is 1.63. The van der Waals surface area contributed by atoms with Crippen molar-refractivity contribution >= 4 is 28.6 Å². The van der Waals surface area contributed by atoms with Crippen LogP contribution in [0.3, 0.4) is 0 Å². The first-order valence-corrected chi connectivity index (χ1v) is 9.20. The average Bonchev–Trinajstić information content (AvgIpc) is 3.16. The first-order valence-electron chi connectivity index (χ1n) is 8.39. The summed E-state index contributed by atoms with van der Waals surface area (Å²) in [7, 11) is 1.73. The predicted molar refractivity (Wildman–Crippen MR) is 95.3 cm³/mol. The molecule has 0 spiro atoms. The zero-order valence-corrected chi connectivity index (χ0v) is 15.1. The molecule has 0 saturated carbocycles. The normalized spacial score (nSPS) is 24.5. The fraction of sp³-hybridized carbons (Fsp3) is 0.688. The SMILES string of the molecule is COC1C=NN(CC2CCCN(Cc3cnc(NC(C)=O)s3)C2)C1. The lowest BCUT2D eigenvalue weighted by Gasteiger charge is -2.34.